The topological polar surface area (TPSA) is 81.1 Å². The second kappa shape index (κ2) is 6.93. The lowest BCUT2D eigenvalue weighted by Gasteiger charge is -2.12. The van der Waals surface area contributed by atoms with Gasteiger partial charge in [-0.3, -0.25) is 10.1 Å². The number of nitro groups is 1. The summed E-state index contributed by atoms with van der Waals surface area (Å²) in [4.78, 5) is 18.1. The number of halogens is 3. The summed E-state index contributed by atoms with van der Waals surface area (Å²) in [6.45, 7) is 0. The summed E-state index contributed by atoms with van der Waals surface area (Å²) in [7, 11) is 0. The molecule has 0 atom stereocenters. The van der Waals surface area contributed by atoms with Crippen molar-refractivity contribution >= 4 is 16.7 Å². The normalized spacial score (nSPS) is 11.6. The van der Waals surface area contributed by atoms with Crippen LogP contribution in [0.1, 0.15) is 5.56 Å². The van der Waals surface area contributed by atoms with Gasteiger partial charge in [0.1, 0.15) is 17.3 Å². The van der Waals surface area contributed by atoms with Crippen molar-refractivity contribution in [3.63, 3.8) is 0 Å². The average molecular weight is 399 g/mol. The average Bonchev–Trinajstić information content (AvgIpc) is 3.11. The number of H-pyrrole nitrogens is 1. The molecule has 9 heteroatoms. The maximum absolute atomic E-state index is 13.0. The van der Waals surface area contributed by atoms with Crippen molar-refractivity contribution < 1.29 is 22.8 Å². The van der Waals surface area contributed by atoms with Crippen LogP contribution < -0.4 is 4.74 Å². The lowest BCUT2D eigenvalue weighted by molar-refractivity contribution is -0.384. The molecule has 1 heterocycles. The molecule has 0 fully saturated rings. The van der Waals surface area contributed by atoms with E-state index in [0.29, 0.717) is 16.9 Å². The number of para-hydroxylation sites is 2. The zero-order valence-corrected chi connectivity index (χ0v) is 14.6. The van der Waals surface area contributed by atoms with Crippen LogP contribution in [0.2, 0.25) is 0 Å². The molecule has 29 heavy (non-hydrogen) atoms. The first-order chi connectivity index (χ1) is 13.8. The molecule has 4 rings (SSSR count). The Kier molecular flexibility index (Phi) is 4.42. The van der Waals surface area contributed by atoms with Crippen molar-refractivity contribution in [2.45, 2.75) is 6.18 Å². The van der Waals surface area contributed by atoms with E-state index in [-0.39, 0.29) is 22.7 Å². The molecule has 0 aliphatic heterocycles. The smallest absolute Gasteiger partial charge is 0.416 e. The van der Waals surface area contributed by atoms with Gasteiger partial charge in [0.25, 0.3) is 5.69 Å². The first-order valence-electron chi connectivity index (χ1n) is 8.40. The number of ether oxygens (including phenoxy) is 1. The van der Waals surface area contributed by atoms with Crippen LogP contribution in [-0.4, -0.2) is 14.9 Å². The third-order valence-corrected chi connectivity index (χ3v) is 4.21. The second-order valence-corrected chi connectivity index (χ2v) is 6.17. The van der Waals surface area contributed by atoms with Gasteiger partial charge >= 0.3 is 6.18 Å². The summed E-state index contributed by atoms with van der Waals surface area (Å²) in [5.74, 6) is 0.386. The van der Waals surface area contributed by atoms with Crippen molar-refractivity contribution in [1.82, 2.24) is 9.97 Å². The maximum Gasteiger partial charge on any atom is 0.416 e. The summed E-state index contributed by atoms with van der Waals surface area (Å²) in [6, 6.07) is 15.4. The molecule has 1 N–H and O–H groups in total. The highest BCUT2D eigenvalue weighted by molar-refractivity contribution is 5.81. The molecule has 4 aromatic rings. The SMILES string of the molecule is O=[N+]([O-])c1ccc(Oc2cccc(C(F)(F)F)c2)c(-c2nc3ccccc3[nH]2)c1. The monoisotopic (exact) mass is 399 g/mol. The Morgan fingerprint density at radius 1 is 1.00 bits per heavy atom. The van der Waals surface area contributed by atoms with Crippen LogP contribution in [-0.2, 0) is 6.18 Å². The molecular formula is C20H12F3N3O3. The molecule has 0 unspecified atom stereocenters. The molecule has 0 radical (unpaired) electrons. The van der Waals surface area contributed by atoms with E-state index in [1.54, 1.807) is 24.3 Å². The van der Waals surface area contributed by atoms with Gasteiger partial charge in [-0.2, -0.15) is 13.2 Å². The van der Waals surface area contributed by atoms with E-state index in [2.05, 4.69) is 9.97 Å². The molecule has 0 spiro atoms. The van der Waals surface area contributed by atoms with E-state index in [9.17, 15) is 23.3 Å². The second-order valence-electron chi connectivity index (χ2n) is 6.17. The van der Waals surface area contributed by atoms with Crippen LogP contribution in [0.15, 0.2) is 66.7 Å². The lowest BCUT2D eigenvalue weighted by atomic mass is 10.1. The Morgan fingerprint density at radius 3 is 2.52 bits per heavy atom. The number of alkyl halides is 3. The van der Waals surface area contributed by atoms with Crippen molar-refractivity contribution in [3.8, 4) is 22.9 Å². The molecule has 0 aliphatic carbocycles. The zero-order valence-electron chi connectivity index (χ0n) is 14.6. The number of aromatic amines is 1. The van der Waals surface area contributed by atoms with Crippen molar-refractivity contribution in [1.29, 1.82) is 0 Å². The Bertz CT molecular complexity index is 1190. The lowest BCUT2D eigenvalue weighted by Crippen LogP contribution is -2.04. The number of benzene rings is 3. The molecule has 6 nitrogen and oxygen atoms in total. The van der Waals surface area contributed by atoms with Crippen molar-refractivity contribution in [3.05, 3.63) is 82.4 Å². The van der Waals surface area contributed by atoms with Crippen molar-refractivity contribution in [2.24, 2.45) is 0 Å². The fraction of sp³-hybridized carbons (Fsp3) is 0.0500. The Balaban J connectivity index is 1.80. The number of nitro benzene ring substituents is 1. The first-order valence-corrected chi connectivity index (χ1v) is 8.40. The van der Waals surface area contributed by atoms with Gasteiger partial charge in [0.2, 0.25) is 0 Å². The number of rotatable bonds is 4. The number of nitrogens with zero attached hydrogens (tertiary/aromatic N) is 2. The molecule has 0 aliphatic rings. The molecule has 0 saturated heterocycles. The van der Waals surface area contributed by atoms with Crippen LogP contribution in [0.4, 0.5) is 18.9 Å². The Morgan fingerprint density at radius 2 is 1.79 bits per heavy atom. The van der Waals surface area contributed by atoms with Gasteiger partial charge in [0.05, 0.1) is 27.1 Å². The van der Waals surface area contributed by atoms with Crippen LogP contribution in [0.3, 0.4) is 0 Å². The van der Waals surface area contributed by atoms with Crippen LogP contribution in [0.5, 0.6) is 11.5 Å². The summed E-state index contributed by atoms with van der Waals surface area (Å²) < 4.78 is 44.5. The minimum atomic E-state index is -4.52. The molecule has 146 valence electrons. The third kappa shape index (κ3) is 3.75. The number of fused-ring (bicyclic) bond motifs is 1. The number of nitrogens with one attached hydrogen (secondary N) is 1. The van der Waals surface area contributed by atoms with Gasteiger partial charge in [-0.1, -0.05) is 18.2 Å². The Hall–Kier alpha value is -3.88. The third-order valence-electron chi connectivity index (χ3n) is 4.21. The van der Waals surface area contributed by atoms with Crippen molar-refractivity contribution in [2.75, 3.05) is 0 Å². The summed E-state index contributed by atoms with van der Waals surface area (Å²) >= 11 is 0. The number of imidazole rings is 1. The summed E-state index contributed by atoms with van der Waals surface area (Å²) in [5.41, 5.74) is 0.546. The Labute approximate surface area is 161 Å². The summed E-state index contributed by atoms with van der Waals surface area (Å²) in [5, 5.41) is 11.2. The standard InChI is InChI=1S/C20H12F3N3O3/c21-20(22,23)12-4-3-5-14(10-12)29-18-9-8-13(26(27)28)11-15(18)19-24-16-6-1-2-7-17(16)25-19/h1-11H,(H,24,25). The van der Waals surface area contributed by atoms with E-state index in [0.717, 1.165) is 12.1 Å². The van der Waals surface area contributed by atoms with Gasteiger partial charge in [-0.05, 0) is 36.4 Å². The fourth-order valence-corrected chi connectivity index (χ4v) is 2.85. The van der Waals surface area contributed by atoms with E-state index in [1.807, 2.05) is 0 Å². The van der Waals surface area contributed by atoms with E-state index >= 15 is 0 Å². The number of hydrogen-bond acceptors (Lipinski definition) is 4. The molecule has 3 aromatic carbocycles. The van der Waals surface area contributed by atoms with Gasteiger partial charge in [-0.25, -0.2) is 4.98 Å². The van der Waals surface area contributed by atoms with E-state index < -0.39 is 16.7 Å². The molecular weight excluding hydrogens is 387 g/mol. The van der Waals surface area contributed by atoms with Crippen LogP contribution in [0.25, 0.3) is 22.4 Å². The number of non-ortho nitro benzene ring substituents is 1. The highest BCUT2D eigenvalue weighted by Gasteiger charge is 2.30. The molecule has 1 aromatic heterocycles. The largest absolute Gasteiger partial charge is 0.457 e. The predicted octanol–water partition coefficient (Wildman–Crippen LogP) is 5.95. The van der Waals surface area contributed by atoms with Crippen LogP contribution >= 0.6 is 0 Å². The molecule has 0 bridgehead atoms. The van der Waals surface area contributed by atoms with Gasteiger partial charge < -0.3 is 9.72 Å². The van der Waals surface area contributed by atoms with Gasteiger partial charge in [-0.15, -0.1) is 0 Å². The van der Waals surface area contributed by atoms with Crippen LogP contribution in [0, 0.1) is 10.1 Å². The predicted molar refractivity (Wildman–Crippen MR) is 99.7 cm³/mol. The minimum Gasteiger partial charge on any atom is -0.457 e. The molecule has 0 saturated carbocycles. The maximum atomic E-state index is 13.0. The van der Waals surface area contributed by atoms with E-state index in [4.69, 9.17) is 4.74 Å². The first kappa shape index (κ1) is 18.5. The highest BCUT2D eigenvalue weighted by atomic mass is 19.4. The minimum absolute atomic E-state index is 0.0500. The van der Waals surface area contributed by atoms with E-state index in [1.165, 1.54) is 30.3 Å². The van der Waals surface area contributed by atoms with Gasteiger partial charge in [0.15, 0.2) is 0 Å². The molecule has 0 amide bonds. The summed E-state index contributed by atoms with van der Waals surface area (Å²) in [6.07, 6.45) is -4.52. The zero-order chi connectivity index (χ0) is 20.6. The van der Waals surface area contributed by atoms with Gasteiger partial charge in [0, 0.05) is 12.1 Å². The quantitative estimate of drug-likeness (QED) is 0.340. The fourth-order valence-electron chi connectivity index (χ4n) is 2.85. The number of hydrogen-bond donors (Lipinski definition) is 1. The number of aromatic nitrogens is 2. The highest BCUT2D eigenvalue weighted by Crippen LogP contribution is 2.37.